The molecular formula is C13H17ClN6O3. The molecule has 0 bridgehead atoms. The maximum Gasteiger partial charge on any atom is 0.408 e. The Morgan fingerprint density at radius 1 is 1.52 bits per heavy atom. The molecule has 23 heavy (non-hydrogen) atoms. The lowest BCUT2D eigenvalue weighted by Gasteiger charge is -2.11. The van der Waals surface area contributed by atoms with E-state index in [1.54, 1.807) is 11.6 Å². The number of nitro groups is 1. The summed E-state index contributed by atoms with van der Waals surface area (Å²) in [5.74, 6) is -0.785. The minimum atomic E-state index is -0.677. The molecule has 2 aromatic rings. The van der Waals surface area contributed by atoms with E-state index in [0.29, 0.717) is 5.69 Å². The third-order valence-electron chi connectivity index (χ3n) is 3.39. The smallest absolute Gasteiger partial charge is 0.358 e. The van der Waals surface area contributed by atoms with E-state index >= 15 is 0 Å². The summed E-state index contributed by atoms with van der Waals surface area (Å²) >= 11 is 5.84. The maximum atomic E-state index is 12.1. The molecule has 0 saturated carbocycles. The number of aromatic nitrogens is 4. The Balaban J connectivity index is 2.05. The average molecular weight is 341 g/mol. The fraction of sp³-hybridized carbons (Fsp3) is 0.462. The van der Waals surface area contributed by atoms with Crippen molar-refractivity contribution < 1.29 is 9.72 Å². The largest absolute Gasteiger partial charge is 0.408 e. The van der Waals surface area contributed by atoms with Gasteiger partial charge in [0.05, 0.1) is 22.5 Å². The van der Waals surface area contributed by atoms with Crippen molar-refractivity contribution in [1.82, 2.24) is 24.9 Å². The van der Waals surface area contributed by atoms with Gasteiger partial charge in [0, 0.05) is 12.7 Å². The first kappa shape index (κ1) is 16.9. The van der Waals surface area contributed by atoms with Gasteiger partial charge in [-0.1, -0.05) is 11.6 Å². The molecule has 1 atom stereocenters. The number of hydrogen-bond acceptors (Lipinski definition) is 5. The molecule has 1 N–H and O–H groups in total. The number of nitrogens with zero attached hydrogens (tertiary/aromatic N) is 5. The zero-order valence-electron chi connectivity index (χ0n) is 13.0. The van der Waals surface area contributed by atoms with E-state index in [1.165, 1.54) is 4.68 Å². The fourth-order valence-electron chi connectivity index (χ4n) is 2.06. The lowest BCUT2D eigenvalue weighted by Crippen LogP contribution is -2.31. The number of amides is 1. The number of hydrogen-bond donors (Lipinski definition) is 1. The van der Waals surface area contributed by atoms with Crippen molar-refractivity contribution in [3.63, 3.8) is 0 Å². The molecule has 9 nitrogen and oxygen atoms in total. The molecule has 0 spiro atoms. The molecule has 1 unspecified atom stereocenters. The highest BCUT2D eigenvalue weighted by Gasteiger charge is 2.25. The van der Waals surface area contributed by atoms with Crippen molar-refractivity contribution in [2.45, 2.75) is 39.9 Å². The summed E-state index contributed by atoms with van der Waals surface area (Å²) in [5.41, 5.74) is 1.11. The maximum absolute atomic E-state index is 12.1. The molecule has 1 amide bonds. The van der Waals surface area contributed by atoms with Gasteiger partial charge in [-0.25, -0.2) is 0 Å². The van der Waals surface area contributed by atoms with Crippen molar-refractivity contribution in [1.29, 1.82) is 0 Å². The van der Waals surface area contributed by atoms with E-state index < -0.39 is 10.7 Å². The predicted molar refractivity (Wildman–Crippen MR) is 83.1 cm³/mol. The van der Waals surface area contributed by atoms with Crippen LogP contribution in [0, 0.1) is 17.0 Å². The molecule has 0 aliphatic carbocycles. The van der Waals surface area contributed by atoms with Crippen LogP contribution in [0.25, 0.3) is 0 Å². The Morgan fingerprint density at radius 3 is 2.74 bits per heavy atom. The molecule has 0 aromatic carbocycles. The van der Waals surface area contributed by atoms with E-state index in [-0.39, 0.29) is 23.5 Å². The van der Waals surface area contributed by atoms with Crippen LogP contribution in [0.15, 0.2) is 12.3 Å². The molecule has 10 heteroatoms. The summed E-state index contributed by atoms with van der Waals surface area (Å²) < 4.78 is 2.98. The lowest BCUT2D eigenvalue weighted by atomic mass is 10.2. The van der Waals surface area contributed by atoms with Crippen LogP contribution in [0.3, 0.4) is 0 Å². The van der Waals surface area contributed by atoms with Crippen molar-refractivity contribution in [3.05, 3.63) is 38.8 Å². The third kappa shape index (κ3) is 3.67. The fourth-order valence-corrected chi connectivity index (χ4v) is 2.26. The van der Waals surface area contributed by atoms with Crippen LogP contribution in [0.5, 0.6) is 0 Å². The number of carbonyl (C=O) groups is 1. The number of halogens is 1. The zero-order valence-corrected chi connectivity index (χ0v) is 13.7. The van der Waals surface area contributed by atoms with Gasteiger partial charge in [0.15, 0.2) is 5.02 Å². The van der Waals surface area contributed by atoms with Gasteiger partial charge in [-0.2, -0.15) is 9.78 Å². The number of aryl methyl sites for hydroxylation is 1. The van der Waals surface area contributed by atoms with E-state index in [9.17, 15) is 14.9 Å². The molecule has 0 saturated heterocycles. The molecule has 2 heterocycles. The zero-order chi connectivity index (χ0) is 17.1. The van der Waals surface area contributed by atoms with Crippen LogP contribution in [0.1, 0.15) is 31.3 Å². The molecule has 0 aliphatic heterocycles. The van der Waals surface area contributed by atoms with Crippen LogP contribution in [0.2, 0.25) is 5.02 Å². The van der Waals surface area contributed by atoms with E-state index in [2.05, 4.69) is 15.5 Å². The predicted octanol–water partition coefficient (Wildman–Crippen LogP) is 1.85. The van der Waals surface area contributed by atoms with Crippen LogP contribution in [-0.4, -0.2) is 30.4 Å². The molecule has 2 rings (SSSR count). The molecule has 124 valence electrons. The topological polar surface area (TPSA) is 108 Å². The van der Waals surface area contributed by atoms with E-state index in [1.807, 2.05) is 26.1 Å². The Bertz CT molecular complexity index is 738. The molecular weight excluding hydrogens is 324 g/mol. The van der Waals surface area contributed by atoms with Gasteiger partial charge in [-0.05, 0) is 31.8 Å². The highest BCUT2D eigenvalue weighted by molar-refractivity contribution is 6.33. The van der Waals surface area contributed by atoms with Gasteiger partial charge in [0.25, 0.3) is 0 Å². The Kier molecular flexibility index (Phi) is 4.99. The summed E-state index contributed by atoms with van der Waals surface area (Å²) in [6, 6.07) is 1.55. The normalized spacial score (nSPS) is 12.2. The summed E-state index contributed by atoms with van der Waals surface area (Å²) in [6.45, 7) is 5.94. The second-order valence-electron chi connectivity index (χ2n) is 5.02. The Morgan fingerprint density at radius 2 is 2.22 bits per heavy atom. The monoisotopic (exact) mass is 340 g/mol. The first-order valence-corrected chi connectivity index (χ1v) is 7.41. The van der Waals surface area contributed by atoms with Crippen molar-refractivity contribution >= 4 is 23.3 Å². The van der Waals surface area contributed by atoms with Crippen LogP contribution in [0.4, 0.5) is 5.82 Å². The number of carbonyl (C=O) groups excluding carboxylic acids is 1. The van der Waals surface area contributed by atoms with Crippen molar-refractivity contribution in [2.24, 2.45) is 0 Å². The Labute approximate surface area is 137 Å². The Hall–Kier alpha value is -2.42. The van der Waals surface area contributed by atoms with Crippen LogP contribution >= 0.6 is 11.6 Å². The van der Waals surface area contributed by atoms with E-state index in [0.717, 1.165) is 12.2 Å². The minimum absolute atomic E-state index is 0.0578. The lowest BCUT2D eigenvalue weighted by molar-refractivity contribution is -0.389. The van der Waals surface area contributed by atoms with Gasteiger partial charge in [-0.3, -0.25) is 9.48 Å². The molecule has 0 fully saturated rings. The first-order chi connectivity index (χ1) is 10.8. The number of rotatable bonds is 6. The van der Waals surface area contributed by atoms with Gasteiger partial charge in [0.1, 0.15) is 6.54 Å². The molecule has 2 aromatic heterocycles. The summed E-state index contributed by atoms with van der Waals surface area (Å²) in [6.07, 6.45) is 1.83. The van der Waals surface area contributed by atoms with Gasteiger partial charge < -0.3 is 15.4 Å². The second-order valence-corrected chi connectivity index (χ2v) is 5.40. The number of nitrogens with one attached hydrogen (secondary N) is 1. The van der Waals surface area contributed by atoms with Gasteiger partial charge in [0.2, 0.25) is 5.91 Å². The molecule has 0 radical (unpaired) electrons. The second kappa shape index (κ2) is 6.78. The highest BCUT2D eigenvalue weighted by atomic mass is 35.5. The van der Waals surface area contributed by atoms with Crippen molar-refractivity contribution in [2.75, 3.05) is 0 Å². The molecule has 0 aliphatic rings. The van der Waals surface area contributed by atoms with E-state index in [4.69, 9.17) is 11.6 Å². The van der Waals surface area contributed by atoms with Gasteiger partial charge in [-0.15, -0.1) is 0 Å². The minimum Gasteiger partial charge on any atom is -0.358 e. The van der Waals surface area contributed by atoms with Crippen molar-refractivity contribution in [3.8, 4) is 0 Å². The summed E-state index contributed by atoms with van der Waals surface area (Å²) in [7, 11) is 0. The van der Waals surface area contributed by atoms with Gasteiger partial charge >= 0.3 is 5.82 Å². The SMILES string of the molecule is CCn1ccc(C(C)NC(=O)Cn2nc([N+](=O)[O-])c(Cl)c2C)n1. The third-order valence-corrected chi connectivity index (χ3v) is 3.83. The highest BCUT2D eigenvalue weighted by Crippen LogP contribution is 2.26. The summed E-state index contributed by atoms with van der Waals surface area (Å²) in [5, 5.41) is 21.6. The quantitative estimate of drug-likeness (QED) is 0.637. The standard InChI is InChI=1S/C13H17ClN6O3/c1-4-18-6-5-10(16-18)8(2)15-11(21)7-19-9(3)12(14)13(17-19)20(22)23/h5-6,8H,4,7H2,1-3H3,(H,15,21). The summed E-state index contributed by atoms with van der Waals surface area (Å²) in [4.78, 5) is 22.2. The van der Waals surface area contributed by atoms with Crippen LogP contribution in [-0.2, 0) is 17.9 Å². The first-order valence-electron chi connectivity index (χ1n) is 7.03. The average Bonchev–Trinajstić information content (AvgIpc) is 3.07. The van der Waals surface area contributed by atoms with Crippen LogP contribution < -0.4 is 5.32 Å².